The van der Waals surface area contributed by atoms with E-state index < -0.39 is 5.97 Å². The molecule has 3 aromatic heterocycles. The minimum absolute atomic E-state index is 0.0473. The average Bonchev–Trinajstić information content (AvgIpc) is 3.58. The predicted molar refractivity (Wildman–Crippen MR) is 138 cm³/mol. The van der Waals surface area contributed by atoms with Crippen molar-refractivity contribution in [2.75, 3.05) is 13.1 Å². The van der Waals surface area contributed by atoms with Gasteiger partial charge in [0.15, 0.2) is 11.5 Å². The first-order valence-electron chi connectivity index (χ1n) is 11.8. The van der Waals surface area contributed by atoms with Crippen molar-refractivity contribution in [1.29, 1.82) is 0 Å². The van der Waals surface area contributed by atoms with E-state index in [9.17, 15) is 14.7 Å². The quantitative estimate of drug-likeness (QED) is 0.356. The van der Waals surface area contributed by atoms with E-state index in [2.05, 4.69) is 34.3 Å². The molecule has 1 amide bonds. The number of hydrogen-bond donors (Lipinski definition) is 2. The number of aromatic nitrogens is 3. The zero-order chi connectivity index (χ0) is 25.4. The standard InChI is InChI=1S/C25H26ClN5O4S/c1-14(2)30-9-7-16(8-10-30)27-24(32)23-18-11-15(25(33)34)3-4-19(18)31(28-23)13-17-12-20(35-29-17)21-5-6-22(26)36-21/h3-6,11-12,14,16H,7-10,13H2,1-2H3,(H,27,32)(H,33,34). The van der Waals surface area contributed by atoms with Crippen LogP contribution in [0.2, 0.25) is 4.34 Å². The molecule has 4 heterocycles. The lowest BCUT2D eigenvalue weighted by Gasteiger charge is -2.34. The molecular weight excluding hydrogens is 502 g/mol. The molecule has 0 saturated carbocycles. The number of nitrogens with one attached hydrogen (secondary N) is 1. The molecule has 9 nitrogen and oxygen atoms in total. The summed E-state index contributed by atoms with van der Waals surface area (Å²) in [5.74, 6) is -0.775. The molecule has 5 rings (SSSR count). The zero-order valence-corrected chi connectivity index (χ0v) is 21.5. The van der Waals surface area contributed by atoms with E-state index in [1.807, 2.05) is 12.1 Å². The molecule has 0 aliphatic carbocycles. The van der Waals surface area contributed by atoms with Crippen molar-refractivity contribution in [1.82, 2.24) is 25.2 Å². The molecule has 11 heteroatoms. The third-order valence-corrected chi connectivity index (χ3v) is 7.74. The molecule has 188 valence electrons. The number of carbonyl (C=O) groups is 2. The molecule has 1 aliphatic rings. The first-order valence-corrected chi connectivity index (χ1v) is 13.0. The van der Waals surface area contributed by atoms with Gasteiger partial charge in [0.05, 0.1) is 26.8 Å². The molecular formula is C25H26ClN5O4S. The fraction of sp³-hybridized carbons (Fsp3) is 0.360. The Hall–Kier alpha value is -3.21. The zero-order valence-electron chi connectivity index (χ0n) is 19.9. The largest absolute Gasteiger partial charge is 0.478 e. The Balaban J connectivity index is 1.41. The van der Waals surface area contributed by atoms with Crippen molar-refractivity contribution in [3.05, 3.63) is 57.7 Å². The van der Waals surface area contributed by atoms with Crippen molar-refractivity contribution in [2.24, 2.45) is 0 Å². The Morgan fingerprint density at radius 2 is 2.00 bits per heavy atom. The highest BCUT2D eigenvalue weighted by molar-refractivity contribution is 7.19. The van der Waals surface area contributed by atoms with Crippen LogP contribution in [0.3, 0.4) is 0 Å². The fourth-order valence-electron chi connectivity index (χ4n) is 4.52. The number of aromatic carboxylic acids is 1. The minimum Gasteiger partial charge on any atom is -0.478 e. The third kappa shape index (κ3) is 5.02. The number of nitrogens with zero attached hydrogens (tertiary/aromatic N) is 4. The minimum atomic E-state index is -1.06. The Kier molecular flexibility index (Phi) is 6.83. The van der Waals surface area contributed by atoms with Crippen molar-refractivity contribution < 1.29 is 19.2 Å². The van der Waals surface area contributed by atoms with Gasteiger partial charge in [0, 0.05) is 36.6 Å². The highest BCUT2D eigenvalue weighted by Crippen LogP contribution is 2.31. The summed E-state index contributed by atoms with van der Waals surface area (Å²) in [6.07, 6.45) is 1.72. The van der Waals surface area contributed by atoms with Gasteiger partial charge in [0.25, 0.3) is 5.91 Å². The Morgan fingerprint density at radius 3 is 2.67 bits per heavy atom. The summed E-state index contributed by atoms with van der Waals surface area (Å²) in [6, 6.07) is 10.7. The van der Waals surface area contributed by atoms with Crippen LogP contribution in [-0.4, -0.2) is 62.0 Å². The predicted octanol–water partition coefficient (Wildman–Crippen LogP) is 4.76. The van der Waals surface area contributed by atoms with Crippen molar-refractivity contribution in [3.8, 4) is 10.6 Å². The van der Waals surface area contributed by atoms with E-state index in [-0.39, 0.29) is 29.8 Å². The van der Waals surface area contributed by atoms with Crippen LogP contribution >= 0.6 is 22.9 Å². The molecule has 1 aliphatic heterocycles. The van der Waals surface area contributed by atoms with Gasteiger partial charge < -0.3 is 19.8 Å². The number of piperidine rings is 1. The highest BCUT2D eigenvalue weighted by Gasteiger charge is 2.25. The van der Waals surface area contributed by atoms with Crippen LogP contribution in [0.4, 0.5) is 0 Å². The van der Waals surface area contributed by atoms with Gasteiger partial charge in [-0.1, -0.05) is 16.8 Å². The second-order valence-corrected chi connectivity index (χ2v) is 10.9. The molecule has 0 bridgehead atoms. The number of benzene rings is 1. The lowest BCUT2D eigenvalue weighted by atomic mass is 10.0. The van der Waals surface area contributed by atoms with Crippen LogP contribution in [0.5, 0.6) is 0 Å². The smallest absolute Gasteiger partial charge is 0.335 e. The summed E-state index contributed by atoms with van der Waals surface area (Å²) in [7, 11) is 0. The van der Waals surface area contributed by atoms with Crippen LogP contribution in [0.1, 0.15) is 53.2 Å². The van der Waals surface area contributed by atoms with Gasteiger partial charge in [-0.3, -0.25) is 9.48 Å². The molecule has 36 heavy (non-hydrogen) atoms. The number of carboxylic acids is 1. The summed E-state index contributed by atoms with van der Waals surface area (Å²) in [4.78, 5) is 28.1. The van der Waals surface area contributed by atoms with E-state index in [0.717, 1.165) is 30.8 Å². The molecule has 0 atom stereocenters. The summed E-state index contributed by atoms with van der Waals surface area (Å²) in [5.41, 5.74) is 1.56. The van der Waals surface area contributed by atoms with E-state index >= 15 is 0 Å². The second-order valence-electron chi connectivity index (χ2n) is 9.21. The van der Waals surface area contributed by atoms with Crippen molar-refractivity contribution in [2.45, 2.75) is 45.3 Å². The maximum atomic E-state index is 13.3. The number of halogens is 1. The Morgan fingerprint density at radius 1 is 1.22 bits per heavy atom. The lowest BCUT2D eigenvalue weighted by molar-refractivity contribution is 0.0696. The number of carbonyl (C=O) groups excluding carboxylic acids is 1. The van der Waals surface area contributed by atoms with E-state index in [1.165, 1.54) is 23.5 Å². The van der Waals surface area contributed by atoms with Gasteiger partial charge in [0.2, 0.25) is 0 Å². The van der Waals surface area contributed by atoms with Gasteiger partial charge >= 0.3 is 5.97 Å². The molecule has 1 saturated heterocycles. The number of rotatable bonds is 7. The van der Waals surface area contributed by atoms with Crippen LogP contribution in [-0.2, 0) is 6.54 Å². The maximum absolute atomic E-state index is 13.3. The third-order valence-electron chi connectivity index (χ3n) is 6.49. The van der Waals surface area contributed by atoms with Crippen LogP contribution < -0.4 is 5.32 Å². The van der Waals surface area contributed by atoms with Gasteiger partial charge in [0.1, 0.15) is 5.69 Å². The Bertz CT molecular complexity index is 1420. The molecule has 4 aromatic rings. The highest BCUT2D eigenvalue weighted by atomic mass is 35.5. The number of amides is 1. The lowest BCUT2D eigenvalue weighted by Crippen LogP contribution is -2.46. The summed E-state index contributed by atoms with van der Waals surface area (Å²) in [5, 5.41) is 21.8. The van der Waals surface area contributed by atoms with Crippen LogP contribution in [0.15, 0.2) is 40.9 Å². The van der Waals surface area contributed by atoms with E-state index in [4.69, 9.17) is 16.1 Å². The molecule has 1 fully saturated rings. The SMILES string of the molecule is CC(C)N1CCC(NC(=O)c2nn(Cc3cc(-c4ccc(Cl)s4)on3)c3ccc(C(=O)O)cc23)CC1. The monoisotopic (exact) mass is 527 g/mol. The van der Waals surface area contributed by atoms with Gasteiger partial charge in [-0.05, 0) is 57.0 Å². The number of hydrogen-bond acceptors (Lipinski definition) is 7. The topological polar surface area (TPSA) is 113 Å². The summed E-state index contributed by atoms with van der Waals surface area (Å²) >= 11 is 7.42. The van der Waals surface area contributed by atoms with Gasteiger partial charge in [-0.25, -0.2) is 4.79 Å². The molecule has 2 N–H and O–H groups in total. The number of likely N-dealkylation sites (tertiary alicyclic amines) is 1. The normalized spacial score (nSPS) is 15.1. The number of thiophene rings is 1. The van der Waals surface area contributed by atoms with E-state index in [1.54, 1.807) is 16.8 Å². The first-order chi connectivity index (χ1) is 17.3. The summed E-state index contributed by atoms with van der Waals surface area (Å²) in [6.45, 7) is 6.44. The molecule has 0 radical (unpaired) electrons. The maximum Gasteiger partial charge on any atom is 0.335 e. The summed E-state index contributed by atoms with van der Waals surface area (Å²) < 4.78 is 7.79. The first kappa shape index (κ1) is 24.5. The second kappa shape index (κ2) is 10.0. The fourth-order valence-corrected chi connectivity index (χ4v) is 5.51. The van der Waals surface area contributed by atoms with Crippen LogP contribution in [0, 0.1) is 0 Å². The molecule has 0 unspecified atom stereocenters. The number of fused-ring (bicyclic) bond motifs is 1. The van der Waals surface area contributed by atoms with E-state index in [0.29, 0.717) is 32.7 Å². The van der Waals surface area contributed by atoms with Gasteiger partial charge in [-0.15, -0.1) is 11.3 Å². The van der Waals surface area contributed by atoms with Crippen molar-refractivity contribution >= 4 is 45.7 Å². The number of carboxylic acid groups (broad SMARTS) is 1. The van der Waals surface area contributed by atoms with Gasteiger partial charge in [-0.2, -0.15) is 5.10 Å². The van der Waals surface area contributed by atoms with Crippen molar-refractivity contribution in [3.63, 3.8) is 0 Å². The molecule has 1 aromatic carbocycles. The van der Waals surface area contributed by atoms with Crippen LogP contribution in [0.25, 0.3) is 21.5 Å². The molecule has 0 spiro atoms. The Labute approximate surface area is 216 Å². The average molecular weight is 528 g/mol.